The summed E-state index contributed by atoms with van der Waals surface area (Å²) in [6.45, 7) is 7.83. The number of carbonyl (C=O) groups excluding carboxylic acids is 3. The fourth-order valence-corrected chi connectivity index (χ4v) is 6.66. The van der Waals surface area contributed by atoms with E-state index >= 15 is 4.39 Å². The molecule has 0 saturated carbocycles. The van der Waals surface area contributed by atoms with Crippen molar-refractivity contribution in [2.24, 2.45) is 0 Å². The van der Waals surface area contributed by atoms with E-state index in [0.717, 1.165) is 53.8 Å². The van der Waals surface area contributed by atoms with Gasteiger partial charge in [-0.2, -0.15) is 0 Å². The highest BCUT2D eigenvalue weighted by Crippen LogP contribution is 2.33. The van der Waals surface area contributed by atoms with Crippen molar-refractivity contribution in [3.05, 3.63) is 117 Å². The Morgan fingerprint density at radius 1 is 0.961 bits per heavy atom. The van der Waals surface area contributed by atoms with E-state index in [2.05, 4.69) is 15.2 Å². The average molecular weight is 735 g/mol. The number of nitrogens with zero attached hydrogens (tertiary/aromatic N) is 3. The molecular formula is C38H35Cl2F2N5O4. The zero-order chi connectivity index (χ0) is 36.6. The number of ketones is 1. The van der Waals surface area contributed by atoms with Crippen LogP contribution in [0.4, 0.5) is 19.3 Å². The van der Waals surface area contributed by atoms with Gasteiger partial charge in [-0.05, 0) is 75.1 Å². The Bertz CT molecular complexity index is 2140. The van der Waals surface area contributed by atoms with Crippen LogP contribution >= 0.6 is 23.2 Å². The standard InChI is InChI=1S/C38H35Cl2F2N5O4/c1-38(2,3)51-37(50)45-24-13-15-46(16-14-24)19-21-7-9-22(10-8-21)23-17-25-26(34(48)32-29(41)11-12-30(43)33(32)42)20-47(35(25)44-18-23)36(49)31-27(39)5-4-6-28(31)40/h4-12,17-18,20,24H,13-16,19,43H2,1-3H3,(H,45,50). The minimum Gasteiger partial charge on any atom is -0.444 e. The maximum absolute atomic E-state index is 15.1. The number of piperidine rings is 1. The Labute approximate surface area is 303 Å². The summed E-state index contributed by atoms with van der Waals surface area (Å²) in [7, 11) is 0. The number of fused-ring (bicyclic) bond motifs is 1. The molecule has 0 atom stereocenters. The molecule has 1 aliphatic rings. The number of aromatic nitrogens is 2. The third kappa shape index (κ3) is 7.75. The predicted molar refractivity (Wildman–Crippen MR) is 193 cm³/mol. The number of hydrogen-bond donors (Lipinski definition) is 2. The Morgan fingerprint density at radius 3 is 2.27 bits per heavy atom. The van der Waals surface area contributed by atoms with Crippen molar-refractivity contribution in [3.8, 4) is 11.1 Å². The van der Waals surface area contributed by atoms with Crippen molar-refractivity contribution in [3.63, 3.8) is 0 Å². The lowest BCUT2D eigenvalue weighted by atomic mass is 9.99. The monoisotopic (exact) mass is 733 g/mol. The van der Waals surface area contributed by atoms with Gasteiger partial charge in [-0.15, -0.1) is 0 Å². The van der Waals surface area contributed by atoms with Gasteiger partial charge in [-0.3, -0.25) is 19.1 Å². The number of nitrogens with one attached hydrogen (secondary N) is 1. The van der Waals surface area contributed by atoms with Crippen LogP contribution in [-0.2, 0) is 11.3 Å². The van der Waals surface area contributed by atoms with Gasteiger partial charge in [0.25, 0.3) is 5.91 Å². The van der Waals surface area contributed by atoms with E-state index < -0.39 is 46.3 Å². The molecule has 1 aliphatic heterocycles. The molecule has 1 saturated heterocycles. The molecule has 0 bridgehead atoms. The molecule has 9 nitrogen and oxygen atoms in total. The fourth-order valence-electron chi connectivity index (χ4n) is 6.11. The van der Waals surface area contributed by atoms with Crippen LogP contribution in [0.5, 0.6) is 0 Å². The van der Waals surface area contributed by atoms with E-state index in [9.17, 15) is 18.8 Å². The number of amides is 1. The molecule has 51 heavy (non-hydrogen) atoms. The van der Waals surface area contributed by atoms with Crippen molar-refractivity contribution in [2.45, 2.75) is 51.8 Å². The first kappa shape index (κ1) is 36.0. The largest absolute Gasteiger partial charge is 0.444 e. The van der Waals surface area contributed by atoms with Gasteiger partial charge >= 0.3 is 6.09 Å². The van der Waals surface area contributed by atoms with Crippen LogP contribution in [0.3, 0.4) is 0 Å². The molecule has 3 aromatic carbocycles. The van der Waals surface area contributed by atoms with E-state index in [1.54, 1.807) is 18.3 Å². The molecule has 1 fully saturated rings. The number of nitrogens with two attached hydrogens (primary N) is 1. The van der Waals surface area contributed by atoms with Crippen LogP contribution in [0.15, 0.2) is 73.1 Å². The van der Waals surface area contributed by atoms with Crippen molar-refractivity contribution in [1.29, 1.82) is 0 Å². The van der Waals surface area contributed by atoms with Gasteiger partial charge in [0.05, 0.1) is 32.4 Å². The summed E-state index contributed by atoms with van der Waals surface area (Å²) in [5.41, 5.74) is 6.19. The Balaban J connectivity index is 1.27. The normalized spacial score (nSPS) is 14.1. The van der Waals surface area contributed by atoms with Gasteiger partial charge in [-0.1, -0.05) is 53.5 Å². The number of halogens is 4. The third-order valence-electron chi connectivity index (χ3n) is 8.63. The van der Waals surface area contributed by atoms with Crippen LogP contribution in [0.1, 0.15) is 65.5 Å². The van der Waals surface area contributed by atoms with Gasteiger partial charge in [0, 0.05) is 49.0 Å². The van der Waals surface area contributed by atoms with Crippen molar-refractivity contribution in [2.75, 3.05) is 18.8 Å². The van der Waals surface area contributed by atoms with Gasteiger partial charge in [0.15, 0.2) is 5.82 Å². The molecule has 6 rings (SSSR count). The van der Waals surface area contributed by atoms with Gasteiger partial charge in [0.1, 0.15) is 17.1 Å². The number of carbonyl (C=O) groups is 3. The number of benzene rings is 3. The maximum Gasteiger partial charge on any atom is 0.407 e. The van der Waals surface area contributed by atoms with Gasteiger partial charge in [-0.25, -0.2) is 18.6 Å². The third-order valence-corrected chi connectivity index (χ3v) is 9.26. The Morgan fingerprint density at radius 2 is 1.63 bits per heavy atom. The molecule has 3 heterocycles. The minimum atomic E-state index is -1.20. The summed E-state index contributed by atoms with van der Waals surface area (Å²) in [5, 5.41) is 3.29. The molecule has 1 amide bonds. The molecule has 5 aromatic rings. The van der Waals surface area contributed by atoms with Crippen molar-refractivity contribution < 1.29 is 27.9 Å². The first-order valence-corrected chi connectivity index (χ1v) is 17.0. The highest BCUT2D eigenvalue weighted by molar-refractivity contribution is 6.40. The summed E-state index contributed by atoms with van der Waals surface area (Å²) in [6, 6.07) is 16.0. The number of alkyl carbamates (subject to hydrolysis) is 1. The predicted octanol–water partition coefficient (Wildman–Crippen LogP) is 8.28. The zero-order valence-corrected chi connectivity index (χ0v) is 29.6. The number of likely N-dealkylation sites (tertiary alicyclic amines) is 1. The highest BCUT2D eigenvalue weighted by Gasteiger charge is 2.28. The second kappa shape index (κ2) is 14.4. The van der Waals surface area contributed by atoms with E-state index in [1.807, 2.05) is 45.0 Å². The number of anilines is 1. The van der Waals surface area contributed by atoms with Crippen LogP contribution in [0.2, 0.25) is 10.0 Å². The Kier molecular flexibility index (Phi) is 10.2. The van der Waals surface area contributed by atoms with Crippen LogP contribution in [0.25, 0.3) is 22.2 Å². The zero-order valence-electron chi connectivity index (χ0n) is 28.1. The summed E-state index contributed by atoms with van der Waals surface area (Å²) in [5.74, 6) is -4.00. The van der Waals surface area contributed by atoms with E-state index in [4.69, 9.17) is 33.7 Å². The summed E-state index contributed by atoms with van der Waals surface area (Å²) >= 11 is 12.7. The van der Waals surface area contributed by atoms with Crippen molar-refractivity contribution in [1.82, 2.24) is 19.8 Å². The topological polar surface area (TPSA) is 120 Å². The smallest absolute Gasteiger partial charge is 0.407 e. The lowest BCUT2D eigenvalue weighted by Crippen LogP contribution is -2.45. The average Bonchev–Trinajstić information content (AvgIpc) is 3.46. The maximum atomic E-state index is 15.1. The molecule has 13 heteroatoms. The Hall–Kier alpha value is -4.84. The first-order chi connectivity index (χ1) is 24.2. The van der Waals surface area contributed by atoms with E-state index in [1.165, 1.54) is 18.3 Å². The lowest BCUT2D eigenvalue weighted by Gasteiger charge is -2.32. The van der Waals surface area contributed by atoms with Gasteiger partial charge in [0.2, 0.25) is 5.78 Å². The summed E-state index contributed by atoms with van der Waals surface area (Å²) in [6.07, 6.45) is 3.94. The highest BCUT2D eigenvalue weighted by atomic mass is 35.5. The quantitative estimate of drug-likeness (QED) is 0.128. The second-order valence-corrected chi connectivity index (χ2v) is 14.3. The summed E-state index contributed by atoms with van der Waals surface area (Å²) in [4.78, 5) is 46.6. The molecule has 3 N–H and O–H groups in total. The number of nitrogen functional groups attached to an aromatic ring is 1. The van der Waals surface area contributed by atoms with E-state index in [0.29, 0.717) is 12.1 Å². The number of rotatable bonds is 7. The van der Waals surface area contributed by atoms with Crippen LogP contribution in [-0.4, -0.2) is 57.0 Å². The van der Waals surface area contributed by atoms with Crippen LogP contribution in [0, 0.1) is 11.6 Å². The second-order valence-electron chi connectivity index (χ2n) is 13.5. The van der Waals surface area contributed by atoms with Crippen molar-refractivity contribution >= 4 is 57.7 Å². The minimum absolute atomic E-state index is 0.0250. The molecule has 264 valence electrons. The SMILES string of the molecule is CC(C)(C)OC(=O)NC1CCN(Cc2ccc(-c3cnc4c(c3)c(C(=O)c3c(F)ccc(N)c3F)cn4C(=O)c3c(Cl)cccc3Cl)cc2)CC1. The van der Waals surface area contributed by atoms with E-state index in [-0.39, 0.29) is 38.2 Å². The molecular weight excluding hydrogens is 699 g/mol. The number of hydrogen-bond acceptors (Lipinski definition) is 7. The molecule has 2 aromatic heterocycles. The lowest BCUT2D eigenvalue weighted by molar-refractivity contribution is 0.0477. The first-order valence-electron chi connectivity index (χ1n) is 16.3. The fraction of sp³-hybridized carbons (Fsp3) is 0.263. The molecule has 0 aliphatic carbocycles. The van der Waals surface area contributed by atoms with Crippen LogP contribution < -0.4 is 11.1 Å². The van der Waals surface area contributed by atoms with Gasteiger partial charge < -0.3 is 15.8 Å². The molecule has 0 radical (unpaired) electrons. The molecule has 0 spiro atoms. The molecule has 0 unspecified atom stereocenters. The number of ether oxygens (including phenoxy) is 1. The number of pyridine rings is 1. The summed E-state index contributed by atoms with van der Waals surface area (Å²) < 4.78 is 36.5.